The fourth-order valence-electron chi connectivity index (χ4n) is 1.92. The highest BCUT2D eigenvalue weighted by atomic mass is 16.2. The largest absolute Gasteiger partial charge is 0.325 e. The van der Waals surface area contributed by atoms with Gasteiger partial charge in [-0.25, -0.2) is 4.79 Å². The lowest BCUT2D eigenvalue weighted by atomic mass is 10.1. The average molecular weight is 223 g/mol. The normalized spacial score (nSPS) is 26.4. The first kappa shape index (κ1) is 10.7. The van der Waals surface area contributed by atoms with E-state index in [0.29, 0.717) is 18.7 Å². The van der Waals surface area contributed by atoms with Crippen molar-refractivity contribution in [3.63, 3.8) is 0 Å². The van der Waals surface area contributed by atoms with Crippen LogP contribution in [0.1, 0.15) is 12.8 Å². The molecule has 1 atom stereocenters. The summed E-state index contributed by atoms with van der Waals surface area (Å²) in [4.78, 5) is 37.2. The number of piperidine rings is 1. The maximum absolute atomic E-state index is 11.8. The number of imide groups is 1. The molecule has 6 heteroatoms. The fourth-order valence-corrected chi connectivity index (χ4v) is 1.92. The summed E-state index contributed by atoms with van der Waals surface area (Å²) >= 11 is 0. The average Bonchev–Trinajstić information content (AvgIpc) is 2.46. The number of urea groups is 1. The Balaban J connectivity index is 2.14. The smallest absolute Gasteiger partial charge is 0.307 e. The number of hydrogen-bond donors (Lipinski definition) is 1. The number of carbonyl (C=O) groups excluding carboxylic acids is 3. The topological polar surface area (TPSA) is 69.7 Å². The number of hydrogen-bond acceptors (Lipinski definition) is 3. The second-order valence-corrected chi connectivity index (χ2v) is 4.00. The third-order valence-electron chi connectivity index (χ3n) is 2.95. The van der Waals surface area contributed by atoms with Crippen LogP contribution in [0.25, 0.3) is 0 Å². The Morgan fingerprint density at radius 2 is 2.06 bits per heavy atom. The zero-order valence-corrected chi connectivity index (χ0v) is 9.02. The number of nitrogens with zero attached hydrogens (tertiary/aromatic N) is 2. The van der Waals surface area contributed by atoms with E-state index in [0.717, 1.165) is 0 Å². The second-order valence-electron chi connectivity index (χ2n) is 4.00. The fraction of sp³-hybridized carbons (Fsp3) is 0.500. The zero-order chi connectivity index (χ0) is 11.9. The SMILES string of the molecule is C=C1CN(C2CCC(=O)NC2=O)C(=O)N1C. The summed E-state index contributed by atoms with van der Waals surface area (Å²) in [7, 11) is 1.62. The maximum atomic E-state index is 11.8. The molecule has 6 nitrogen and oxygen atoms in total. The van der Waals surface area contributed by atoms with Crippen molar-refractivity contribution in [1.29, 1.82) is 0 Å². The Morgan fingerprint density at radius 3 is 2.56 bits per heavy atom. The number of nitrogens with one attached hydrogen (secondary N) is 1. The molecule has 0 aromatic heterocycles. The highest BCUT2D eigenvalue weighted by Gasteiger charge is 2.39. The van der Waals surface area contributed by atoms with Crippen LogP contribution in [0.15, 0.2) is 12.3 Å². The lowest BCUT2D eigenvalue weighted by Crippen LogP contribution is -2.53. The minimum atomic E-state index is -0.549. The monoisotopic (exact) mass is 223 g/mol. The molecule has 0 saturated carbocycles. The Hall–Kier alpha value is -1.85. The van der Waals surface area contributed by atoms with Gasteiger partial charge in [-0.1, -0.05) is 6.58 Å². The Morgan fingerprint density at radius 1 is 1.38 bits per heavy atom. The van der Waals surface area contributed by atoms with Crippen molar-refractivity contribution in [2.45, 2.75) is 18.9 Å². The quantitative estimate of drug-likeness (QED) is 0.619. The van der Waals surface area contributed by atoms with E-state index in [1.165, 1.54) is 9.80 Å². The molecule has 2 rings (SSSR count). The van der Waals surface area contributed by atoms with E-state index in [1.54, 1.807) is 7.05 Å². The molecule has 86 valence electrons. The van der Waals surface area contributed by atoms with Crippen molar-refractivity contribution >= 4 is 17.8 Å². The Bertz CT molecular complexity index is 391. The van der Waals surface area contributed by atoms with Crippen LogP contribution in [0.2, 0.25) is 0 Å². The second kappa shape index (κ2) is 3.62. The molecular formula is C10H13N3O3. The summed E-state index contributed by atoms with van der Waals surface area (Å²) in [5.41, 5.74) is 0.662. The molecule has 2 fully saturated rings. The molecule has 0 aliphatic carbocycles. The van der Waals surface area contributed by atoms with E-state index < -0.39 is 11.9 Å². The third-order valence-corrected chi connectivity index (χ3v) is 2.95. The van der Waals surface area contributed by atoms with Crippen LogP contribution in [0, 0.1) is 0 Å². The van der Waals surface area contributed by atoms with Crippen LogP contribution in [-0.2, 0) is 9.59 Å². The molecule has 0 aromatic rings. The van der Waals surface area contributed by atoms with Crippen LogP contribution in [0.4, 0.5) is 4.79 Å². The summed E-state index contributed by atoms with van der Waals surface area (Å²) in [5.74, 6) is -0.673. The van der Waals surface area contributed by atoms with Gasteiger partial charge in [0.2, 0.25) is 11.8 Å². The predicted octanol–water partition coefficient (Wildman–Crippen LogP) is -0.327. The summed E-state index contributed by atoms with van der Waals surface area (Å²) in [6.45, 7) is 4.08. The summed E-state index contributed by atoms with van der Waals surface area (Å²) in [6.07, 6.45) is 0.661. The summed E-state index contributed by atoms with van der Waals surface area (Å²) in [5, 5.41) is 2.24. The van der Waals surface area contributed by atoms with Crippen molar-refractivity contribution in [3.8, 4) is 0 Å². The first-order chi connectivity index (χ1) is 7.50. The van der Waals surface area contributed by atoms with Crippen molar-refractivity contribution in [2.24, 2.45) is 0 Å². The molecule has 0 radical (unpaired) electrons. The molecule has 0 bridgehead atoms. The molecule has 0 aromatic carbocycles. The van der Waals surface area contributed by atoms with Crippen molar-refractivity contribution in [3.05, 3.63) is 12.3 Å². The molecule has 0 spiro atoms. The molecule has 2 heterocycles. The van der Waals surface area contributed by atoms with Gasteiger partial charge in [0.1, 0.15) is 6.04 Å². The van der Waals surface area contributed by atoms with E-state index in [2.05, 4.69) is 11.9 Å². The van der Waals surface area contributed by atoms with Crippen molar-refractivity contribution < 1.29 is 14.4 Å². The first-order valence-corrected chi connectivity index (χ1v) is 5.06. The van der Waals surface area contributed by atoms with Gasteiger partial charge in [-0.3, -0.25) is 19.8 Å². The predicted molar refractivity (Wildman–Crippen MR) is 55.2 cm³/mol. The lowest BCUT2D eigenvalue weighted by Gasteiger charge is -2.28. The first-order valence-electron chi connectivity index (χ1n) is 5.06. The van der Waals surface area contributed by atoms with Gasteiger partial charge in [0, 0.05) is 19.2 Å². The minimum Gasteiger partial charge on any atom is -0.307 e. The van der Waals surface area contributed by atoms with Gasteiger partial charge in [-0.05, 0) is 6.42 Å². The molecule has 1 N–H and O–H groups in total. The highest BCUT2D eigenvalue weighted by molar-refractivity contribution is 6.01. The summed E-state index contributed by atoms with van der Waals surface area (Å²) < 4.78 is 0. The van der Waals surface area contributed by atoms with Gasteiger partial charge in [-0.2, -0.15) is 0 Å². The molecule has 16 heavy (non-hydrogen) atoms. The zero-order valence-electron chi connectivity index (χ0n) is 9.02. The molecule has 2 aliphatic rings. The van der Waals surface area contributed by atoms with Gasteiger partial charge < -0.3 is 4.90 Å². The number of carbonyl (C=O) groups is 3. The van der Waals surface area contributed by atoms with E-state index >= 15 is 0 Å². The third kappa shape index (κ3) is 1.56. The van der Waals surface area contributed by atoms with Crippen LogP contribution < -0.4 is 5.32 Å². The van der Waals surface area contributed by atoms with Crippen molar-refractivity contribution in [1.82, 2.24) is 15.1 Å². The molecule has 1 unspecified atom stereocenters. The molecular weight excluding hydrogens is 210 g/mol. The van der Waals surface area contributed by atoms with Crippen LogP contribution in [-0.4, -0.2) is 47.3 Å². The van der Waals surface area contributed by atoms with Crippen LogP contribution in [0.3, 0.4) is 0 Å². The van der Waals surface area contributed by atoms with E-state index in [1.807, 2.05) is 0 Å². The maximum Gasteiger partial charge on any atom is 0.325 e. The van der Waals surface area contributed by atoms with E-state index in [4.69, 9.17) is 0 Å². The standard InChI is InChI=1S/C10H13N3O3/c1-6-5-13(10(16)12(6)2)7-3-4-8(14)11-9(7)15/h7H,1,3-5H2,2H3,(H,11,14,15). The molecule has 2 aliphatic heterocycles. The van der Waals surface area contributed by atoms with Crippen LogP contribution in [0.5, 0.6) is 0 Å². The van der Waals surface area contributed by atoms with Gasteiger partial charge in [-0.15, -0.1) is 0 Å². The number of rotatable bonds is 1. The van der Waals surface area contributed by atoms with Gasteiger partial charge in [0.15, 0.2) is 0 Å². The molecule has 2 saturated heterocycles. The van der Waals surface area contributed by atoms with Gasteiger partial charge in [0.05, 0.1) is 6.54 Å². The number of amides is 4. The highest BCUT2D eigenvalue weighted by Crippen LogP contribution is 2.22. The van der Waals surface area contributed by atoms with Crippen LogP contribution >= 0.6 is 0 Å². The summed E-state index contributed by atoms with van der Waals surface area (Å²) in [6, 6.07) is -0.786. The lowest BCUT2D eigenvalue weighted by molar-refractivity contribution is -0.136. The van der Waals surface area contributed by atoms with E-state index in [9.17, 15) is 14.4 Å². The Labute approximate surface area is 92.9 Å². The van der Waals surface area contributed by atoms with Gasteiger partial charge >= 0.3 is 6.03 Å². The van der Waals surface area contributed by atoms with Gasteiger partial charge in [0.25, 0.3) is 0 Å². The van der Waals surface area contributed by atoms with Crippen molar-refractivity contribution in [2.75, 3.05) is 13.6 Å². The van der Waals surface area contributed by atoms with E-state index in [-0.39, 0.29) is 18.4 Å². The Kier molecular flexibility index (Phi) is 2.41. The molecule has 4 amide bonds. The number of likely N-dealkylation sites (N-methyl/N-ethyl adjacent to an activating group) is 1. The minimum absolute atomic E-state index is 0.237.